The van der Waals surface area contributed by atoms with Crippen molar-refractivity contribution in [2.45, 2.75) is 10.9 Å². The number of hydrogen-bond donors (Lipinski definition) is 1. The van der Waals surface area contributed by atoms with Crippen molar-refractivity contribution >= 4 is 27.7 Å². The maximum Gasteiger partial charge on any atom is 0.104 e. The van der Waals surface area contributed by atoms with E-state index >= 15 is 0 Å². The molecule has 1 rings (SSSR count). The Kier molecular flexibility index (Phi) is 5.02. The molecule has 0 saturated carbocycles. The molecule has 0 aliphatic rings. The molecule has 1 atom stereocenters. The Morgan fingerprint density at radius 3 is 2.64 bits per heavy atom. The number of thioether (sulfide) groups is 1. The van der Waals surface area contributed by atoms with Crippen molar-refractivity contribution in [1.82, 2.24) is 5.32 Å². The summed E-state index contributed by atoms with van der Waals surface area (Å²) < 4.78 is 1.08. The molecule has 0 spiro atoms. The average Bonchev–Trinajstić information content (AvgIpc) is 2.22. The van der Waals surface area contributed by atoms with Gasteiger partial charge in [-0.2, -0.15) is 5.26 Å². The van der Waals surface area contributed by atoms with Crippen LogP contribution in [0.25, 0.3) is 0 Å². The molecule has 1 aromatic rings. The Morgan fingerprint density at radius 2 is 2.14 bits per heavy atom. The Balaban J connectivity index is 2.46. The van der Waals surface area contributed by atoms with Crippen molar-refractivity contribution in [3.8, 4) is 6.07 Å². The number of rotatable bonds is 4. The fraction of sp³-hybridized carbons (Fsp3) is 0.300. The van der Waals surface area contributed by atoms with E-state index in [1.165, 1.54) is 4.90 Å². The highest BCUT2D eigenvalue weighted by Gasteiger charge is 2.03. The van der Waals surface area contributed by atoms with Gasteiger partial charge in [0.1, 0.15) is 6.04 Å². The van der Waals surface area contributed by atoms with Gasteiger partial charge in [0.05, 0.1) is 6.07 Å². The molecule has 74 valence electrons. The predicted molar refractivity (Wildman–Crippen MR) is 63.3 cm³/mol. The molecule has 0 fully saturated rings. The minimum atomic E-state index is -0.0800. The van der Waals surface area contributed by atoms with Crippen LogP contribution in [0.3, 0.4) is 0 Å². The van der Waals surface area contributed by atoms with Gasteiger partial charge >= 0.3 is 0 Å². The fourth-order valence-electron chi connectivity index (χ4n) is 0.896. The molecule has 0 heterocycles. The Labute approximate surface area is 96.8 Å². The zero-order chi connectivity index (χ0) is 10.4. The number of nitrogens with one attached hydrogen (secondary N) is 1. The molecule has 4 heteroatoms. The number of nitrogens with zero attached hydrogens (tertiary/aromatic N) is 1. The molecule has 0 radical (unpaired) electrons. The molecule has 1 unspecified atom stereocenters. The molecule has 2 nitrogen and oxygen atoms in total. The highest BCUT2D eigenvalue weighted by molar-refractivity contribution is 9.10. The minimum Gasteiger partial charge on any atom is -0.304 e. The lowest BCUT2D eigenvalue weighted by Gasteiger charge is -2.06. The van der Waals surface area contributed by atoms with Gasteiger partial charge in [-0.05, 0) is 31.3 Å². The second-order valence-corrected chi connectivity index (χ2v) is 4.74. The zero-order valence-corrected chi connectivity index (χ0v) is 10.2. The summed E-state index contributed by atoms with van der Waals surface area (Å²) >= 11 is 5.06. The van der Waals surface area contributed by atoms with E-state index < -0.39 is 0 Å². The maximum absolute atomic E-state index is 8.71. The van der Waals surface area contributed by atoms with Crippen molar-refractivity contribution in [1.29, 1.82) is 5.26 Å². The first-order valence-electron chi connectivity index (χ1n) is 4.21. The molecular weight excluding hydrogens is 260 g/mol. The Morgan fingerprint density at radius 1 is 1.50 bits per heavy atom. The van der Waals surface area contributed by atoms with Crippen LogP contribution in [-0.2, 0) is 0 Å². The Bertz CT molecular complexity index is 318. The summed E-state index contributed by atoms with van der Waals surface area (Å²) in [6, 6.07) is 10.2. The van der Waals surface area contributed by atoms with Gasteiger partial charge < -0.3 is 5.32 Å². The van der Waals surface area contributed by atoms with E-state index in [1.54, 1.807) is 18.8 Å². The third kappa shape index (κ3) is 3.70. The predicted octanol–water partition coefficient (Wildman–Crippen LogP) is 2.65. The highest BCUT2D eigenvalue weighted by atomic mass is 79.9. The monoisotopic (exact) mass is 270 g/mol. The van der Waals surface area contributed by atoms with Crippen LogP contribution in [0, 0.1) is 11.3 Å². The largest absolute Gasteiger partial charge is 0.304 e. The van der Waals surface area contributed by atoms with Crippen LogP contribution in [0.15, 0.2) is 33.6 Å². The van der Waals surface area contributed by atoms with Crippen LogP contribution < -0.4 is 5.32 Å². The quantitative estimate of drug-likeness (QED) is 0.855. The molecule has 0 bridgehead atoms. The highest BCUT2D eigenvalue weighted by Crippen LogP contribution is 2.20. The summed E-state index contributed by atoms with van der Waals surface area (Å²) in [6.07, 6.45) is 0. The lowest BCUT2D eigenvalue weighted by molar-refractivity contribution is 0.750. The normalized spacial score (nSPS) is 12.1. The molecule has 0 aromatic heterocycles. The third-order valence-corrected chi connectivity index (χ3v) is 3.37. The SMILES string of the molecule is CNC(C#N)CSc1ccc(Br)cc1. The number of benzene rings is 1. The van der Waals surface area contributed by atoms with Crippen molar-refractivity contribution < 1.29 is 0 Å². The van der Waals surface area contributed by atoms with Crippen LogP contribution in [0.5, 0.6) is 0 Å². The van der Waals surface area contributed by atoms with Crippen LogP contribution in [0.2, 0.25) is 0 Å². The maximum atomic E-state index is 8.71. The molecule has 0 aliphatic carbocycles. The second kappa shape index (κ2) is 6.07. The molecule has 0 aliphatic heterocycles. The third-order valence-electron chi connectivity index (χ3n) is 1.73. The summed E-state index contributed by atoms with van der Waals surface area (Å²) in [6.45, 7) is 0. The molecule has 0 amide bonds. The smallest absolute Gasteiger partial charge is 0.104 e. The van der Waals surface area contributed by atoms with E-state index in [1.807, 2.05) is 24.3 Å². The van der Waals surface area contributed by atoms with Gasteiger partial charge in [-0.25, -0.2) is 0 Å². The fourth-order valence-corrected chi connectivity index (χ4v) is 2.09. The lowest BCUT2D eigenvalue weighted by Crippen LogP contribution is -2.25. The summed E-state index contributed by atoms with van der Waals surface area (Å²) in [5.74, 6) is 0.772. The zero-order valence-electron chi connectivity index (χ0n) is 7.83. The van der Waals surface area contributed by atoms with E-state index in [9.17, 15) is 0 Å². The lowest BCUT2D eigenvalue weighted by atomic mass is 10.4. The van der Waals surface area contributed by atoms with E-state index in [-0.39, 0.29) is 6.04 Å². The summed E-state index contributed by atoms with van der Waals surface area (Å²) in [7, 11) is 1.80. The van der Waals surface area contributed by atoms with E-state index in [2.05, 4.69) is 27.3 Å². The van der Waals surface area contributed by atoms with Crippen molar-refractivity contribution in [3.63, 3.8) is 0 Å². The van der Waals surface area contributed by atoms with E-state index in [4.69, 9.17) is 5.26 Å². The van der Waals surface area contributed by atoms with Gasteiger partial charge in [0.25, 0.3) is 0 Å². The topological polar surface area (TPSA) is 35.8 Å². The summed E-state index contributed by atoms with van der Waals surface area (Å²) in [5, 5.41) is 11.7. The number of halogens is 1. The van der Waals surface area contributed by atoms with Crippen LogP contribution >= 0.6 is 27.7 Å². The van der Waals surface area contributed by atoms with Crippen molar-refractivity contribution in [3.05, 3.63) is 28.7 Å². The molecule has 0 saturated heterocycles. The van der Waals surface area contributed by atoms with Gasteiger partial charge in [-0.1, -0.05) is 15.9 Å². The standard InChI is InChI=1S/C10H11BrN2S/c1-13-9(6-12)7-14-10-4-2-8(11)3-5-10/h2-5,9,13H,7H2,1H3. The van der Waals surface area contributed by atoms with Crippen LogP contribution in [-0.4, -0.2) is 18.8 Å². The first-order chi connectivity index (χ1) is 6.76. The number of hydrogen-bond acceptors (Lipinski definition) is 3. The van der Waals surface area contributed by atoms with Crippen molar-refractivity contribution in [2.75, 3.05) is 12.8 Å². The van der Waals surface area contributed by atoms with Crippen molar-refractivity contribution in [2.24, 2.45) is 0 Å². The van der Waals surface area contributed by atoms with E-state index in [0.717, 1.165) is 10.2 Å². The van der Waals surface area contributed by atoms with Gasteiger partial charge in [-0.3, -0.25) is 0 Å². The van der Waals surface area contributed by atoms with Crippen LogP contribution in [0.1, 0.15) is 0 Å². The van der Waals surface area contributed by atoms with E-state index in [0.29, 0.717) is 0 Å². The van der Waals surface area contributed by atoms with Gasteiger partial charge in [-0.15, -0.1) is 11.8 Å². The molecule has 1 aromatic carbocycles. The molecule has 14 heavy (non-hydrogen) atoms. The second-order valence-electron chi connectivity index (χ2n) is 2.74. The Hall–Kier alpha value is -0.500. The summed E-state index contributed by atoms with van der Waals surface area (Å²) in [5.41, 5.74) is 0. The average molecular weight is 271 g/mol. The number of nitriles is 1. The molecule has 1 N–H and O–H groups in total. The van der Waals surface area contributed by atoms with Gasteiger partial charge in [0.2, 0.25) is 0 Å². The minimum absolute atomic E-state index is 0.0800. The molecular formula is C10H11BrN2S. The first-order valence-corrected chi connectivity index (χ1v) is 5.99. The van der Waals surface area contributed by atoms with Gasteiger partial charge in [0.15, 0.2) is 0 Å². The first kappa shape index (κ1) is 11.6. The van der Waals surface area contributed by atoms with Crippen LogP contribution in [0.4, 0.5) is 0 Å². The summed E-state index contributed by atoms with van der Waals surface area (Å²) in [4.78, 5) is 1.18. The van der Waals surface area contributed by atoms with Gasteiger partial charge in [0, 0.05) is 15.1 Å².